The largest absolute Gasteiger partial charge is 0.392 e. The maximum absolute atomic E-state index is 12.7. The topological polar surface area (TPSA) is 55.1 Å². The molecule has 0 spiro atoms. The highest BCUT2D eigenvalue weighted by Gasteiger charge is 2.42. The van der Waals surface area contributed by atoms with Crippen LogP contribution in [0.1, 0.15) is 37.7 Å². The van der Waals surface area contributed by atoms with E-state index >= 15 is 0 Å². The number of carbonyl (C=O) groups excluding carboxylic acids is 1. The molecule has 2 rings (SSSR count). The van der Waals surface area contributed by atoms with Crippen molar-refractivity contribution in [2.45, 2.75) is 39.0 Å². The molecule has 0 atom stereocenters. The molecule has 0 bridgehead atoms. The molecule has 20 heavy (non-hydrogen) atoms. The lowest BCUT2D eigenvalue weighted by Gasteiger charge is -2.34. The quantitative estimate of drug-likeness (QED) is 0.808. The van der Waals surface area contributed by atoms with E-state index in [2.05, 4.69) is 21.2 Å². The van der Waals surface area contributed by atoms with Crippen LogP contribution in [0.3, 0.4) is 0 Å². The van der Waals surface area contributed by atoms with E-state index in [1.807, 2.05) is 25.1 Å². The van der Waals surface area contributed by atoms with Gasteiger partial charge in [0.25, 0.3) is 0 Å². The number of carbonyl (C=O) groups is 1. The van der Waals surface area contributed by atoms with Gasteiger partial charge < -0.3 is 11.1 Å². The van der Waals surface area contributed by atoms with Crippen molar-refractivity contribution in [3.8, 4) is 0 Å². The Morgan fingerprint density at radius 2 is 2.00 bits per heavy atom. The normalized spacial score (nSPS) is 17.5. The van der Waals surface area contributed by atoms with Crippen LogP contribution in [0.2, 0.25) is 0 Å². The monoisotopic (exact) mass is 354 g/mol. The predicted molar refractivity (Wildman–Crippen MR) is 89.8 cm³/mol. The summed E-state index contributed by atoms with van der Waals surface area (Å²) < 4.78 is 0.905. The molecule has 0 unspecified atom stereocenters. The Morgan fingerprint density at radius 1 is 1.35 bits per heavy atom. The van der Waals surface area contributed by atoms with Crippen LogP contribution in [0.25, 0.3) is 0 Å². The van der Waals surface area contributed by atoms with E-state index in [0.29, 0.717) is 4.99 Å². The second kappa shape index (κ2) is 6.22. The Balaban J connectivity index is 2.25. The number of rotatable bonds is 3. The molecule has 5 heteroatoms. The van der Waals surface area contributed by atoms with Crippen molar-refractivity contribution in [2.75, 3.05) is 5.32 Å². The van der Waals surface area contributed by atoms with Crippen LogP contribution in [-0.2, 0) is 4.79 Å². The Hall–Kier alpha value is -0.940. The average Bonchev–Trinajstić information content (AvgIpc) is 2.44. The molecule has 108 valence electrons. The molecule has 0 saturated heterocycles. The number of hydrogen-bond acceptors (Lipinski definition) is 2. The first-order valence-corrected chi connectivity index (χ1v) is 8.04. The fourth-order valence-corrected chi connectivity index (χ4v) is 3.39. The van der Waals surface area contributed by atoms with Crippen LogP contribution < -0.4 is 11.1 Å². The SMILES string of the molecule is Cc1cccc(NC(=O)C2(C(N)=S)CCCCC2)c1Br. The first kappa shape index (κ1) is 15.4. The van der Waals surface area contributed by atoms with Crippen LogP contribution in [0, 0.1) is 12.3 Å². The molecule has 1 aliphatic carbocycles. The molecule has 1 amide bonds. The van der Waals surface area contributed by atoms with E-state index in [-0.39, 0.29) is 5.91 Å². The number of nitrogens with one attached hydrogen (secondary N) is 1. The van der Waals surface area contributed by atoms with Gasteiger partial charge >= 0.3 is 0 Å². The molecular weight excluding hydrogens is 336 g/mol. The van der Waals surface area contributed by atoms with Gasteiger partial charge in [0, 0.05) is 4.47 Å². The molecule has 3 N–H and O–H groups in total. The van der Waals surface area contributed by atoms with Crippen molar-refractivity contribution in [1.29, 1.82) is 0 Å². The summed E-state index contributed by atoms with van der Waals surface area (Å²) in [7, 11) is 0. The molecular formula is C15H19BrN2OS. The number of nitrogens with two attached hydrogens (primary N) is 1. The van der Waals surface area contributed by atoms with Crippen LogP contribution in [0.15, 0.2) is 22.7 Å². The van der Waals surface area contributed by atoms with Gasteiger partial charge in [-0.1, -0.05) is 43.6 Å². The fourth-order valence-electron chi connectivity index (χ4n) is 2.73. The summed E-state index contributed by atoms with van der Waals surface area (Å²) in [6.45, 7) is 1.99. The molecule has 0 heterocycles. The van der Waals surface area contributed by atoms with E-state index in [4.69, 9.17) is 18.0 Å². The standard InChI is InChI=1S/C15H19BrN2OS/c1-10-6-5-7-11(12(10)16)18-14(19)15(13(17)20)8-3-2-4-9-15/h5-7H,2-4,8-9H2,1H3,(H2,17,20)(H,18,19). The number of amides is 1. The lowest BCUT2D eigenvalue weighted by atomic mass is 9.73. The highest BCUT2D eigenvalue weighted by molar-refractivity contribution is 9.10. The number of anilines is 1. The molecule has 0 aromatic heterocycles. The zero-order valence-electron chi connectivity index (χ0n) is 11.5. The average molecular weight is 355 g/mol. The Bertz CT molecular complexity index is 539. The summed E-state index contributed by atoms with van der Waals surface area (Å²) >= 11 is 8.69. The maximum Gasteiger partial charge on any atom is 0.237 e. The van der Waals surface area contributed by atoms with Gasteiger partial charge in [0.2, 0.25) is 5.91 Å². The van der Waals surface area contributed by atoms with Gasteiger partial charge in [0.05, 0.1) is 16.1 Å². The van der Waals surface area contributed by atoms with Crippen LogP contribution in [0.5, 0.6) is 0 Å². The molecule has 1 saturated carbocycles. The van der Waals surface area contributed by atoms with E-state index in [1.165, 1.54) is 0 Å². The zero-order valence-corrected chi connectivity index (χ0v) is 13.9. The Morgan fingerprint density at radius 3 is 2.60 bits per heavy atom. The van der Waals surface area contributed by atoms with E-state index < -0.39 is 5.41 Å². The highest BCUT2D eigenvalue weighted by atomic mass is 79.9. The molecule has 1 aromatic carbocycles. The van der Waals surface area contributed by atoms with Crippen molar-refractivity contribution in [3.05, 3.63) is 28.2 Å². The minimum atomic E-state index is -0.684. The molecule has 1 aromatic rings. The third kappa shape index (κ3) is 2.88. The van der Waals surface area contributed by atoms with Crippen molar-refractivity contribution < 1.29 is 4.79 Å². The summed E-state index contributed by atoms with van der Waals surface area (Å²) in [5.41, 5.74) is 7.05. The van der Waals surface area contributed by atoms with Gasteiger partial charge in [-0.3, -0.25) is 4.79 Å². The van der Waals surface area contributed by atoms with Crippen LogP contribution in [-0.4, -0.2) is 10.9 Å². The van der Waals surface area contributed by atoms with Crippen LogP contribution >= 0.6 is 28.1 Å². The minimum absolute atomic E-state index is 0.0731. The van der Waals surface area contributed by atoms with Gasteiger partial charge in [-0.25, -0.2) is 0 Å². The predicted octanol–water partition coefficient (Wildman–Crippen LogP) is 3.93. The Labute approximate surface area is 133 Å². The minimum Gasteiger partial charge on any atom is -0.392 e. The second-order valence-electron chi connectivity index (χ2n) is 5.40. The fraction of sp³-hybridized carbons (Fsp3) is 0.467. The molecule has 1 aliphatic rings. The summed E-state index contributed by atoms with van der Waals surface area (Å²) in [5, 5.41) is 2.99. The highest BCUT2D eigenvalue weighted by Crippen LogP contribution is 2.38. The number of benzene rings is 1. The first-order valence-electron chi connectivity index (χ1n) is 6.84. The zero-order chi connectivity index (χ0) is 14.8. The Kier molecular flexibility index (Phi) is 4.81. The third-order valence-electron chi connectivity index (χ3n) is 4.05. The molecule has 1 fully saturated rings. The van der Waals surface area contributed by atoms with Gasteiger partial charge in [0.15, 0.2) is 0 Å². The number of hydrogen-bond donors (Lipinski definition) is 2. The number of halogens is 1. The summed E-state index contributed by atoms with van der Waals surface area (Å²) in [5.74, 6) is -0.0731. The second-order valence-corrected chi connectivity index (χ2v) is 6.63. The molecule has 0 radical (unpaired) electrons. The van der Waals surface area contributed by atoms with E-state index in [0.717, 1.165) is 47.8 Å². The number of thiocarbonyl (C=S) groups is 1. The van der Waals surface area contributed by atoms with Gasteiger partial charge in [-0.05, 0) is 47.3 Å². The van der Waals surface area contributed by atoms with Crippen LogP contribution in [0.4, 0.5) is 5.69 Å². The third-order valence-corrected chi connectivity index (χ3v) is 5.50. The summed E-state index contributed by atoms with van der Waals surface area (Å²) in [4.78, 5) is 13.0. The van der Waals surface area contributed by atoms with Gasteiger partial charge in [0.1, 0.15) is 0 Å². The van der Waals surface area contributed by atoms with Crippen molar-refractivity contribution in [1.82, 2.24) is 0 Å². The van der Waals surface area contributed by atoms with E-state index in [1.54, 1.807) is 0 Å². The van der Waals surface area contributed by atoms with Crippen molar-refractivity contribution in [2.24, 2.45) is 11.1 Å². The van der Waals surface area contributed by atoms with Gasteiger partial charge in [-0.15, -0.1) is 0 Å². The van der Waals surface area contributed by atoms with Gasteiger partial charge in [-0.2, -0.15) is 0 Å². The van der Waals surface area contributed by atoms with Crippen molar-refractivity contribution in [3.63, 3.8) is 0 Å². The first-order chi connectivity index (χ1) is 9.47. The maximum atomic E-state index is 12.7. The number of aryl methyl sites for hydroxylation is 1. The summed E-state index contributed by atoms with van der Waals surface area (Å²) in [6, 6.07) is 5.79. The van der Waals surface area contributed by atoms with Crippen molar-refractivity contribution >= 4 is 44.7 Å². The lowest BCUT2D eigenvalue weighted by Crippen LogP contribution is -2.47. The lowest BCUT2D eigenvalue weighted by molar-refractivity contribution is -0.123. The summed E-state index contributed by atoms with van der Waals surface area (Å²) in [6.07, 6.45) is 4.64. The smallest absolute Gasteiger partial charge is 0.237 e. The van der Waals surface area contributed by atoms with E-state index in [9.17, 15) is 4.79 Å². The molecule has 3 nitrogen and oxygen atoms in total. The molecule has 0 aliphatic heterocycles.